The number of aliphatic hydroxyl groups excluding tert-OH is 1. The second kappa shape index (κ2) is 3.35. The monoisotopic (exact) mass is 145 g/mol. The van der Waals surface area contributed by atoms with E-state index in [1.54, 1.807) is 7.05 Å². The summed E-state index contributed by atoms with van der Waals surface area (Å²) < 4.78 is 0. The van der Waals surface area contributed by atoms with Crippen molar-refractivity contribution in [3.8, 4) is 0 Å². The summed E-state index contributed by atoms with van der Waals surface area (Å²) in [7, 11) is 1.77. The van der Waals surface area contributed by atoms with E-state index in [9.17, 15) is 5.11 Å². The molecule has 0 saturated heterocycles. The first-order chi connectivity index (χ1) is 4.39. The number of hydrogen-bond donors (Lipinski definition) is 2. The van der Waals surface area contributed by atoms with Crippen LogP contribution in [0.3, 0.4) is 0 Å². The summed E-state index contributed by atoms with van der Waals surface area (Å²) in [6.45, 7) is 8.41. The summed E-state index contributed by atoms with van der Waals surface area (Å²) in [5.41, 5.74) is 0.169. The first-order valence-corrected chi connectivity index (χ1v) is 3.75. The van der Waals surface area contributed by atoms with E-state index >= 15 is 0 Å². The first kappa shape index (κ1) is 9.92. The van der Waals surface area contributed by atoms with Gasteiger partial charge in [-0.2, -0.15) is 0 Å². The maximum atomic E-state index is 9.35. The molecule has 0 aliphatic rings. The highest BCUT2D eigenvalue weighted by Crippen LogP contribution is 2.26. The topological polar surface area (TPSA) is 32.3 Å². The summed E-state index contributed by atoms with van der Waals surface area (Å²) in [5, 5.41) is 12.2. The maximum absolute atomic E-state index is 9.35. The number of nitrogens with one attached hydrogen (secondary N) is 1. The molecule has 0 fully saturated rings. The Bertz CT molecular complexity index is 95.9. The highest BCUT2D eigenvalue weighted by atomic mass is 16.3. The molecule has 0 aromatic rings. The van der Waals surface area contributed by atoms with Gasteiger partial charge in [-0.15, -0.1) is 0 Å². The van der Waals surface area contributed by atoms with Crippen LogP contribution in [0.25, 0.3) is 0 Å². The second-order valence-corrected chi connectivity index (χ2v) is 3.89. The third-order valence-corrected chi connectivity index (χ3v) is 2.14. The van der Waals surface area contributed by atoms with Gasteiger partial charge in [0.1, 0.15) is 6.23 Å². The lowest BCUT2D eigenvalue weighted by Gasteiger charge is -2.30. The van der Waals surface area contributed by atoms with Crippen LogP contribution in [0.5, 0.6) is 0 Å². The highest BCUT2D eigenvalue weighted by Gasteiger charge is 2.25. The van der Waals surface area contributed by atoms with Gasteiger partial charge in [0.15, 0.2) is 0 Å². The van der Waals surface area contributed by atoms with Crippen molar-refractivity contribution in [3.63, 3.8) is 0 Å². The number of rotatable bonds is 2. The van der Waals surface area contributed by atoms with Crippen LogP contribution in [0.1, 0.15) is 27.7 Å². The van der Waals surface area contributed by atoms with Crippen molar-refractivity contribution in [2.24, 2.45) is 11.3 Å². The molecule has 0 aliphatic carbocycles. The van der Waals surface area contributed by atoms with Gasteiger partial charge in [-0.05, 0) is 12.5 Å². The van der Waals surface area contributed by atoms with Gasteiger partial charge >= 0.3 is 0 Å². The molecular weight excluding hydrogens is 126 g/mol. The Morgan fingerprint density at radius 2 is 1.70 bits per heavy atom. The quantitative estimate of drug-likeness (QED) is 0.572. The summed E-state index contributed by atoms with van der Waals surface area (Å²) in [6, 6.07) is 0. The van der Waals surface area contributed by atoms with Gasteiger partial charge in [-0.1, -0.05) is 27.7 Å². The van der Waals surface area contributed by atoms with Crippen LogP contribution >= 0.6 is 0 Å². The van der Waals surface area contributed by atoms with Gasteiger partial charge in [-0.25, -0.2) is 0 Å². The zero-order valence-corrected chi connectivity index (χ0v) is 7.60. The molecular formula is C8H19NO. The average molecular weight is 145 g/mol. The molecule has 2 heteroatoms. The molecule has 0 aromatic heterocycles. The van der Waals surface area contributed by atoms with E-state index in [1.165, 1.54) is 0 Å². The average Bonchev–Trinajstić information content (AvgIpc) is 1.83. The highest BCUT2D eigenvalue weighted by molar-refractivity contribution is 4.73. The normalized spacial score (nSPS) is 18.6. The molecule has 0 bridgehead atoms. The van der Waals surface area contributed by atoms with Gasteiger partial charge < -0.3 is 5.11 Å². The fourth-order valence-corrected chi connectivity index (χ4v) is 0.724. The third-order valence-electron chi connectivity index (χ3n) is 2.14. The molecule has 0 saturated carbocycles. The van der Waals surface area contributed by atoms with Gasteiger partial charge in [0.2, 0.25) is 0 Å². The number of aliphatic hydroxyl groups is 1. The van der Waals surface area contributed by atoms with Crippen molar-refractivity contribution in [2.45, 2.75) is 33.9 Å². The van der Waals surface area contributed by atoms with Gasteiger partial charge in [0.25, 0.3) is 0 Å². The molecule has 2 atom stereocenters. The molecule has 0 unspecified atom stereocenters. The smallest absolute Gasteiger partial charge is 0.107 e. The van der Waals surface area contributed by atoms with E-state index in [2.05, 4.69) is 26.1 Å². The zero-order valence-electron chi connectivity index (χ0n) is 7.60. The lowest BCUT2D eigenvalue weighted by molar-refractivity contribution is 0.0344. The minimum Gasteiger partial charge on any atom is -0.378 e. The van der Waals surface area contributed by atoms with Crippen LogP contribution in [0.15, 0.2) is 0 Å². The fourth-order valence-electron chi connectivity index (χ4n) is 0.724. The molecule has 0 aromatic carbocycles. The van der Waals surface area contributed by atoms with Crippen molar-refractivity contribution < 1.29 is 5.11 Å². The van der Waals surface area contributed by atoms with Crippen LogP contribution in [0.4, 0.5) is 0 Å². The maximum Gasteiger partial charge on any atom is 0.107 e. The van der Waals surface area contributed by atoms with E-state index in [0.29, 0.717) is 0 Å². The van der Waals surface area contributed by atoms with Crippen molar-refractivity contribution >= 4 is 0 Å². The Labute approximate surface area is 63.6 Å². The van der Waals surface area contributed by atoms with Gasteiger partial charge in [0.05, 0.1) is 0 Å². The molecule has 0 heterocycles. The summed E-state index contributed by atoms with van der Waals surface area (Å²) >= 11 is 0. The summed E-state index contributed by atoms with van der Waals surface area (Å²) in [6.07, 6.45) is -0.389. The molecule has 0 spiro atoms. The molecule has 0 aliphatic heterocycles. The van der Waals surface area contributed by atoms with E-state index in [0.717, 1.165) is 0 Å². The molecule has 0 rings (SSSR count). The van der Waals surface area contributed by atoms with Crippen molar-refractivity contribution in [2.75, 3.05) is 7.05 Å². The molecule has 0 amide bonds. The van der Waals surface area contributed by atoms with Crippen molar-refractivity contribution in [1.29, 1.82) is 0 Å². The van der Waals surface area contributed by atoms with Crippen LogP contribution in [-0.2, 0) is 0 Å². The first-order valence-electron chi connectivity index (χ1n) is 3.75. The van der Waals surface area contributed by atoms with E-state index < -0.39 is 0 Å². The predicted molar refractivity (Wildman–Crippen MR) is 43.7 cm³/mol. The Morgan fingerprint density at radius 1 is 1.30 bits per heavy atom. The molecule has 62 valence electrons. The lowest BCUT2D eigenvalue weighted by Crippen LogP contribution is -2.38. The second-order valence-electron chi connectivity index (χ2n) is 3.89. The Kier molecular flexibility index (Phi) is 3.33. The minimum absolute atomic E-state index is 0.169. The van der Waals surface area contributed by atoms with Crippen LogP contribution in [0.2, 0.25) is 0 Å². The minimum atomic E-state index is -0.389. The Balaban J connectivity index is 3.94. The largest absolute Gasteiger partial charge is 0.378 e. The Morgan fingerprint density at radius 3 is 1.80 bits per heavy atom. The predicted octanol–water partition coefficient (Wildman–Crippen LogP) is 1.21. The van der Waals surface area contributed by atoms with Crippen LogP contribution in [0, 0.1) is 11.3 Å². The Hall–Kier alpha value is -0.0800. The molecule has 2 N–H and O–H groups in total. The number of hydrogen-bond acceptors (Lipinski definition) is 2. The molecule has 10 heavy (non-hydrogen) atoms. The molecule has 0 radical (unpaired) electrons. The standard InChI is InChI=1S/C8H19NO/c1-6(7(10)9-5)8(2,3)4/h6-7,9-10H,1-5H3/t6-,7-/m1/s1. The van der Waals surface area contributed by atoms with E-state index in [4.69, 9.17) is 0 Å². The van der Waals surface area contributed by atoms with Crippen molar-refractivity contribution in [1.82, 2.24) is 5.32 Å². The summed E-state index contributed by atoms with van der Waals surface area (Å²) in [4.78, 5) is 0. The SMILES string of the molecule is CN[C@H](O)[C@@H](C)C(C)(C)C. The van der Waals surface area contributed by atoms with Crippen molar-refractivity contribution in [3.05, 3.63) is 0 Å². The van der Waals surface area contributed by atoms with Gasteiger partial charge in [-0.3, -0.25) is 5.32 Å². The fraction of sp³-hybridized carbons (Fsp3) is 1.00. The van der Waals surface area contributed by atoms with E-state index in [-0.39, 0.29) is 17.6 Å². The third kappa shape index (κ3) is 2.67. The molecule has 2 nitrogen and oxygen atoms in total. The van der Waals surface area contributed by atoms with Crippen LogP contribution in [-0.4, -0.2) is 18.4 Å². The van der Waals surface area contributed by atoms with Gasteiger partial charge in [0, 0.05) is 5.92 Å². The summed E-state index contributed by atoms with van der Waals surface area (Å²) in [5.74, 6) is 0.275. The zero-order chi connectivity index (χ0) is 8.36. The van der Waals surface area contributed by atoms with Crippen LogP contribution < -0.4 is 5.32 Å². The van der Waals surface area contributed by atoms with E-state index in [1.807, 2.05) is 6.92 Å². The lowest BCUT2D eigenvalue weighted by atomic mass is 9.81.